The molecule has 2 fully saturated rings. The van der Waals surface area contributed by atoms with Crippen LogP contribution in [0.3, 0.4) is 0 Å². The van der Waals surface area contributed by atoms with Gasteiger partial charge in [-0.2, -0.15) is 0 Å². The lowest BCUT2D eigenvalue weighted by Gasteiger charge is -2.36. The molecule has 0 saturated carbocycles. The predicted octanol–water partition coefficient (Wildman–Crippen LogP) is 3.17. The van der Waals surface area contributed by atoms with Gasteiger partial charge in [-0.1, -0.05) is 0 Å². The van der Waals surface area contributed by atoms with E-state index in [4.69, 9.17) is 9.47 Å². The normalized spacial score (nSPS) is 22.3. The first-order valence-electron chi connectivity index (χ1n) is 10.2. The van der Waals surface area contributed by atoms with E-state index in [1.807, 2.05) is 0 Å². The van der Waals surface area contributed by atoms with Crippen molar-refractivity contribution in [2.24, 2.45) is 0 Å². The number of nitrogens with one attached hydrogen (secondary N) is 2. The minimum atomic E-state index is -0.631. The van der Waals surface area contributed by atoms with Crippen molar-refractivity contribution in [3.8, 4) is 5.75 Å². The van der Waals surface area contributed by atoms with Gasteiger partial charge in [-0.15, -0.1) is 0 Å². The molecule has 2 N–H and O–H groups in total. The second-order valence-electron chi connectivity index (χ2n) is 8.54. The Bertz CT molecular complexity index is 823. The summed E-state index contributed by atoms with van der Waals surface area (Å²) in [7, 11) is 0. The molecule has 0 radical (unpaired) electrons. The van der Waals surface area contributed by atoms with Crippen LogP contribution in [0, 0.1) is 5.82 Å². The lowest BCUT2D eigenvalue weighted by atomic mass is 10.1. The van der Waals surface area contributed by atoms with Crippen LogP contribution in [-0.4, -0.2) is 47.2 Å². The highest BCUT2D eigenvalue weighted by Gasteiger charge is 2.32. The maximum atomic E-state index is 14.7. The Labute approximate surface area is 175 Å². The number of benzene rings is 1. The number of amides is 3. The number of hydrogen-bond acceptors (Lipinski definition) is 6. The summed E-state index contributed by atoms with van der Waals surface area (Å²) in [6.07, 6.45) is 1.75. The standard InChI is InChI=1S/C21H28FN3O5/c1-21(2,3)30-20(28)25-11-5-4-6-18(25)29-16-9-7-13(12-14(16)22)23-15-8-10-17(26)24-19(15)27/h7,9,12,15,18,23H,4-6,8,10-11H2,1-3H3,(H,24,26,27). The van der Waals surface area contributed by atoms with Crippen molar-refractivity contribution < 1.29 is 28.2 Å². The van der Waals surface area contributed by atoms with E-state index in [0.717, 1.165) is 12.8 Å². The average Bonchev–Trinajstić information content (AvgIpc) is 2.65. The Kier molecular flexibility index (Phi) is 6.48. The van der Waals surface area contributed by atoms with Gasteiger partial charge in [-0.25, -0.2) is 9.18 Å². The number of ether oxygens (including phenoxy) is 2. The highest BCUT2D eigenvalue weighted by molar-refractivity contribution is 6.01. The summed E-state index contributed by atoms with van der Waals surface area (Å²) >= 11 is 0. The molecule has 30 heavy (non-hydrogen) atoms. The Hall–Kier alpha value is -2.84. The Balaban J connectivity index is 1.66. The molecule has 2 aliphatic heterocycles. The van der Waals surface area contributed by atoms with Crippen molar-refractivity contribution in [2.45, 2.75) is 70.7 Å². The third-order valence-electron chi connectivity index (χ3n) is 4.85. The molecule has 2 atom stereocenters. The molecule has 3 amide bonds. The molecule has 2 heterocycles. The smallest absolute Gasteiger partial charge is 0.413 e. The Morgan fingerprint density at radius 2 is 2.00 bits per heavy atom. The van der Waals surface area contributed by atoms with Gasteiger partial charge >= 0.3 is 6.09 Å². The van der Waals surface area contributed by atoms with Crippen LogP contribution < -0.4 is 15.4 Å². The topological polar surface area (TPSA) is 97.0 Å². The number of halogens is 1. The molecule has 0 bridgehead atoms. The Morgan fingerprint density at radius 1 is 1.23 bits per heavy atom. The first kappa shape index (κ1) is 21.9. The fourth-order valence-corrected chi connectivity index (χ4v) is 3.42. The van der Waals surface area contributed by atoms with Crippen molar-refractivity contribution in [3.63, 3.8) is 0 Å². The fraction of sp³-hybridized carbons (Fsp3) is 0.571. The van der Waals surface area contributed by atoms with Crippen molar-refractivity contribution in [3.05, 3.63) is 24.0 Å². The molecule has 0 aliphatic carbocycles. The number of imide groups is 1. The van der Waals surface area contributed by atoms with Crippen LogP contribution in [0.5, 0.6) is 5.75 Å². The summed E-state index contributed by atoms with van der Waals surface area (Å²) in [5.41, 5.74) is -0.227. The van der Waals surface area contributed by atoms with Gasteiger partial charge in [0.25, 0.3) is 0 Å². The van der Waals surface area contributed by atoms with Gasteiger partial charge in [0.2, 0.25) is 11.8 Å². The zero-order chi connectivity index (χ0) is 21.9. The summed E-state index contributed by atoms with van der Waals surface area (Å²) in [6, 6.07) is 3.70. The van der Waals surface area contributed by atoms with Gasteiger partial charge in [-0.3, -0.25) is 19.8 Å². The molecule has 0 aromatic heterocycles. The molecule has 9 heteroatoms. The minimum Gasteiger partial charge on any atom is -0.467 e. The van der Waals surface area contributed by atoms with E-state index in [9.17, 15) is 18.8 Å². The number of carbonyl (C=O) groups is 3. The number of rotatable bonds is 4. The van der Waals surface area contributed by atoms with Crippen LogP contribution in [0.25, 0.3) is 0 Å². The highest BCUT2D eigenvalue weighted by atomic mass is 19.1. The van der Waals surface area contributed by atoms with Crippen LogP contribution in [0.2, 0.25) is 0 Å². The molecule has 2 aliphatic rings. The Morgan fingerprint density at radius 3 is 2.67 bits per heavy atom. The van der Waals surface area contributed by atoms with E-state index in [1.165, 1.54) is 17.0 Å². The van der Waals surface area contributed by atoms with Crippen LogP contribution in [-0.2, 0) is 14.3 Å². The fourth-order valence-electron chi connectivity index (χ4n) is 3.42. The van der Waals surface area contributed by atoms with Crippen molar-refractivity contribution in [1.29, 1.82) is 0 Å². The lowest BCUT2D eigenvalue weighted by molar-refractivity contribution is -0.133. The number of likely N-dealkylation sites (tertiary alicyclic amines) is 1. The maximum absolute atomic E-state index is 14.7. The summed E-state index contributed by atoms with van der Waals surface area (Å²) in [6.45, 7) is 5.85. The van der Waals surface area contributed by atoms with Gasteiger partial charge in [0, 0.05) is 31.1 Å². The average molecular weight is 421 g/mol. The van der Waals surface area contributed by atoms with Crippen molar-refractivity contribution in [2.75, 3.05) is 11.9 Å². The molecule has 1 aromatic carbocycles. The van der Waals surface area contributed by atoms with Crippen molar-refractivity contribution >= 4 is 23.6 Å². The molecule has 3 rings (SSSR count). The van der Waals surface area contributed by atoms with Crippen LogP contribution in [0.4, 0.5) is 14.9 Å². The van der Waals surface area contributed by atoms with Crippen LogP contribution >= 0.6 is 0 Å². The predicted molar refractivity (Wildman–Crippen MR) is 107 cm³/mol. The lowest BCUT2D eigenvalue weighted by Crippen LogP contribution is -2.48. The first-order valence-corrected chi connectivity index (χ1v) is 10.2. The second-order valence-corrected chi connectivity index (χ2v) is 8.54. The quantitative estimate of drug-likeness (QED) is 0.725. The highest BCUT2D eigenvalue weighted by Crippen LogP contribution is 2.28. The number of hydrogen-bond donors (Lipinski definition) is 2. The molecule has 164 valence electrons. The minimum absolute atomic E-state index is 0.0179. The summed E-state index contributed by atoms with van der Waals surface area (Å²) in [5.74, 6) is -1.33. The van der Waals surface area contributed by atoms with E-state index >= 15 is 0 Å². The monoisotopic (exact) mass is 421 g/mol. The van der Waals surface area contributed by atoms with Crippen LogP contribution in [0.1, 0.15) is 52.9 Å². The van der Waals surface area contributed by atoms with Gasteiger partial charge in [-0.05, 0) is 52.2 Å². The van der Waals surface area contributed by atoms with E-state index < -0.39 is 35.7 Å². The third-order valence-corrected chi connectivity index (χ3v) is 4.85. The first-order chi connectivity index (χ1) is 14.1. The van der Waals surface area contributed by atoms with Gasteiger partial charge in [0.1, 0.15) is 11.6 Å². The summed E-state index contributed by atoms with van der Waals surface area (Å²) in [4.78, 5) is 37.1. The zero-order valence-corrected chi connectivity index (χ0v) is 17.5. The van der Waals surface area contributed by atoms with E-state index in [-0.39, 0.29) is 18.1 Å². The van der Waals surface area contributed by atoms with E-state index in [1.54, 1.807) is 26.8 Å². The largest absolute Gasteiger partial charge is 0.467 e. The van der Waals surface area contributed by atoms with Crippen molar-refractivity contribution in [1.82, 2.24) is 10.2 Å². The van der Waals surface area contributed by atoms with Gasteiger partial charge in [0.15, 0.2) is 17.8 Å². The maximum Gasteiger partial charge on any atom is 0.413 e. The molecule has 2 saturated heterocycles. The third kappa shape index (κ3) is 5.61. The van der Waals surface area contributed by atoms with Crippen LogP contribution in [0.15, 0.2) is 18.2 Å². The molecular formula is C21H28FN3O5. The number of nitrogens with zero attached hydrogens (tertiary/aromatic N) is 1. The molecule has 8 nitrogen and oxygen atoms in total. The molecule has 2 unspecified atom stereocenters. The summed E-state index contributed by atoms with van der Waals surface area (Å²) < 4.78 is 25.9. The molecule has 0 spiro atoms. The zero-order valence-electron chi connectivity index (χ0n) is 17.5. The number of piperidine rings is 2. The molecule has 1 aromatic rings. The van der Waals surface area contributed by atoms with Gasteiger partial charge in [0.05, 0.1) is 0 Å². The summed E-state index contributed by atoms with van der Waals surface area (Å²) in [5, 5.41) is 5.18. The van der Waals surface area contributed by atoms with E-state index in [0.29, 0.717) is 25.1 Å². The number of anilines is 1. The van der Waals surface area contributed by atoms with E-state index in [2.05, 4.69) is 10.6 Å². The number of carbonyl (C=O) groups excluding carboxylic acids is 3. The molecular weight excluding hydrogens is 393 g/mol. The van der Waals surface area contributed by atoms with Gasteiger partial charge < -0.3 is 14.8 Å². The second kappa shape index (κ2) is 8.89. The SMILES string of the molecule is CC(C)(C)OC(=O)N1CCCCC1Oc1ccc(NC2CCC(=O)NC2=O)cc1F.